The fourth-order valence-electron chi connectivity index (χ4n) is 3.21. The first kappa shape index (κ1) is 14.4. The van der Waals surface area contributed by atoms with E-state index in [9.17, 15) is 4.39 Å². The van der Waals surface area contributed by atoms with Gasteiger partial charge in [0.15, 0.2) is 0 Å². The van der Waals surface area contributed by atoms with E-state index in [1.807, 2.05) is 30.3 Å². The Balaban J connectivity index is 1.79. The average Bonchev–Trinajstić information content (AvgIpc) is 2.63. The van der Waals surface area contributed by atoms with Crippen LogP contribution in [0.2, 0.25) is 5.02 Å². The van der Waals surface area contributed by atoms with Crippen LogP contribution in [0.4, 0.5) is 15.9 Å². The summed E-state index contributed by atoms with van der Waals surface area (Å²) in [5.41, 5.74) is 4.38. The lowest BCUT2D eigenvalue weighted by atomic mass is 9.98. The third-order valence-electron chi connectivity index (χ3n) is 4.37. The molecular formula is C20H11ClFN3. The Bertz CT molecular complexity index is 1140. The van der Waals surface area contributed by atoms with E-state index in [2.05, 4.69) is 10.3 Å². The number of benzene rings is 2. The summed E-state index contributed by atoms with van der Waals surface area (Å²) in [6.45, 7) is 0. The fourth-order valence-corrected chi connectivity index (χ4v) is 3.39. The predicted molar refractivity (Wildman–Crippen MR) is 98.7 cm³/mol. The van der Waals surface area contributed by atoms with Gasteiger partial charge in [-0.05, 0) is 60.0 Å². The summed E-state index contributed by atoms with van der Waals surface area (Å²) in [5, 5.41) is 6.02. The van der Waals surface area contributed by atoms with E-state index in [4.69, 9.17) is 16.6 Å². The number of aromatic nitrogens is 2. The van der Waals surface area contributed by atoms with E-state index in [1.54, 1.807) is 18.3 Å². The van der Waals surface area contributed by atoms with E-state index in [0.717, 1.165) is 44.8 Å². The van der Waals surface area contributed by atoms with Gasteiger partial charge in [0, 0.05) is 28.0 Å². The number of nitrogens with one attached hydrogen (secondary N) is 1. The van der Waals surface area contributed by atoms with E-state index < -0.39 is 0 Å². The van der Waals surface area contributed by atoms with Gasteiger partial charge < -0.3 is 5.32 Å². The zero-order valence-electron chi connectivity index (χ0n) is 12.9. The van der Waals surface area contributed by atoms with Gasteiger partial charge in [-0.1, -0.05) is 11.6 Å². The van der Waals surface area contributed by atoms with Gasteiger partial charge in [0.1, 0.15) is 11.6 Å². The summed E-state index contributed by atoms with van der Waals surface area (Å²) in [4.78, 5) is 9.29. The zero-order chi connectivity index (χ0) is 17.0. The van der Waals surface area contributed by atoms with E-state index in [-0.39, 0.29) is 5.82 Å². The van der Waals surface area contributed by atoms with Crippen LogP contribution in [0.1, 0.15) is 0 Å². The quantitative estimate of drug-likeness (QED) is 0.415. The van der Waals surface area contributed by atoms with Crippen molar-refractivity contribution in [3.05, 3.63) is 71.6 Å². The molecule has 1 N–H and O–H groups in total. The summed E-state index contributed by atoms with van der Waals surface area (Å²) < 4.78 is 13.2. The minimum absolute atomic E-state index is 0.263. The van der Waals surface area contributed by atoms with Gasteiger partial charge in [0.2, 0.25) is 0 Å². The van der Waals surface area contributed by atoms with Crippen LogP contribution >= 0.6 is 11.6 Å². The van der Waals surface area contributed by atoms with Crippen LogP contribution in [0.15, 0.2) is 60.8 Å². The predicted octanol–water partition coefficient (Wildman–Crippen LogP) is 5.81. The Morgan fingerprint density at radius 3 is 2.64 bits per heavy atom. The van der Waals surface area contributed by atoms with Crippen LogP contribution in [0.25, 0.3) is 33.3 Å². The number of nitrogens with zero attached hydrogens (tertiary/aromatic N) is 2. The van der Waals surface area contributed by atoms with Crippen LogP contribution in [0.5, 0.6) is 0 Å². The van der Waals surface area contributed by atoms with Crippen molar-refractivity contribution < 1.29 is 4.39 Å². The Hall–Kier alpha value is -2.98. The van der Waals surface area contributed by atoms with E-state index in [1.165, 1.54) is 12.1 Å². The molecule has 0 atom stereocenters. The molecule has 25 heavy (non-hydrogen) atoms. The number of rotatable bonds is 1. The van der Waals surface area contributed by atoms with Crippen LogP contribution in [-0.4, -0.2) is 9.97 Å². The maximum atomic E-state index is 13.2. The fraction of sp³-hybridized carbons (Fsp3) is 0. The SMILES string of the molecule is Fc1ccc(-c2cc3ccnc4c3c(n2)Nc2ccc(Cl)cc2-4)cc1. The maximum Gasteiger partial charge on any atom is 0.141 e. The van der Waals surface area contributed by atoms with Crippen molar-refractivity contribution in [3.8, 4) is 22.5 Å². The highest BCUT2D eigenvalue weighted by Gasteiger charge is 2.21. The highest BCUT2D eigenvalue weighted by atomic mass is 35.5. The summed E-state index contributed by atoms with van der Waals surface area (Å²) >= 11 is 6.15. The topological polar surface area (TPSA) is 37.8 Å². The highest BCUT2D eigenvalue weighted by Crippen LogP contribution is 2.43. The summed E-state index contributed by atoms with van der Waals surface area (Å²) in [6, 6.07) is 16.0. The number of halogens is 2. The standard InChI is InChI=1S/C20H11ClFN3/c21-13-3-6-16-15(10-13)19-18-12(7-8-23-19)9-17(25-20(18)24-16)11-1-4-14(22)5-2-11/h1-10H,(H,24,25). The largest absolute Gasteiger partial charge is 0.339 e. The molecule has 0 unspecified atom stereocenters. The van der Waals surface area contributed by atoms with Crippen LogP contribution in [-0.2, 0) is 0 Å². The van der Waals surface area contributed by atoms with Crippen molar-refractivity contribution in [2.45, 2.75) is 0 Å². The molecule has 1 aliphatic rings. The Morgan fingerprint density at radius 1 is 0.960 bits per heavy atom. The number of pyridine rings is 2. The van der Waals surface area contributed by atoms with Crippen LogP contribution < -0.4 is 5.32 Å². The Kier molecular flexibility index (Phi) is 3.02. The first-order valence-corrected chi connectivity index (χ1v) is 8.19. The number of fused-ring (bicyclic) bond motifs is 2. The molecule has 1 aliphatic heterocycles. The zero-order valence-corrected chi connectivity index (χ0v) is 13.7. The number of anilines is 2. The van der Waals surface area contributed by atoms with Crippen LogP contribution in [0.3, 0.4) is 0 Å². The molecule has 0 saturated heterocycles. The molecule has 0 bridgehead atoms. The smallest absolute Gasteiger partial charge is 0.141 e. The minimum atomic E-state index is -0.263. The third-order valence-corrected chi connectivity index (χ3v) is 4.61. The molecule has 0 radical (unpaired) electrons. The molecule has 120 valence electrons. The van der Waals surface area contributed by atoms with Crippen LogP contribution in [0, 0.1) is 5.82 Å². The minimum Gasteiger partial charge on any atom is -0.339 e. The normalized spacial score (nSPS) is 11.9. The average molecular weight is 348 g/mol. The van der Waals surface area contributed by atoms with Crippen molar-refractivity contribution in [1.29, 1.82) is 0 Å². The van der Waals surface area contributed by atoms with Gasteiger partial charge in [0.05, 0.1) is 16.8 Å². The molecule has 5 heteroatoms. The third kappa shape index (κ3) is 2.26. The molecule has 0 aliphatic carbocycles. The second kappa shape index (κ2) is 5.26. The van der Waals surface area contributed by atoms with Crippen molar-refractivity contribution in [1.82, 2.24) is 9.97 Å². The molecule has 3 heterocycles. The molecule has 0 saturated carbocycles. The second-order valence-corrected chi connectivity index (χ2v) is 6.37. The van der Waals surface area contributed by atoms with E-state index >= 15 is 0 Å². The molecule has 5 rings (SSSR count). The van der Waals surface area contributed by atoms with Crippen molar-refractivity contribution in [3.63, 3.8) is 0 Å². The molecule has 0 amide bonds. The van der Waals surface area contributed by atoms with Gasteiger partial charge in [-0.3, -0.25) is 4.98 Å². The molecule has 0 fully saturated rings. The monoisotopic (exact) mass is 347 g/mol. The molecule has 2 aromatic heterocycles. The summed E-state index contributed by atoms with van der Waals surface area (Å²) in [5.74, 6) is 0.482. The number of hydrogen-bond donors (Lipinski definition) is 1. The van der Waals surface area contributed by atoms with Gasteiger partial charge in [-0.15, -0.1) is 0 Å². The summed E-state index contributed by atoms with van der Waals surface area (Å²) in [6.07, 6.45) is 1.78. The van der Waals surface area contributed by atoms with Gasteiger partial charge >= 0.3 is 0 Å². The second-order valence-electron chi connectivity index (χ2n) is 5.94. The van der Waals surface area contributed by atoms with E-state index in [0.29, 0.717) is 5.02 Å². The molecule has 2 aromatic carbocycles. The lowest BCUT2D eigenvalue weighted by molar-refractivity contribution is 0.628. The van der Waals surface area contributed by atoms with Crippen molar-refractivity contribution in [2.24, 2.45) is 0 Å². The number of hydrogen-bond acceptors (Lipinski definition) is 3. The molecule has 0 spiro atoms. The Morgan fingerprint density at radius 2 is 1.80 bits per heavy atom. The molecule has 4 aromatic rings. The van der Waals surface area contributed by atoms with Gasteiger partial charge in [-0.25, -0.2) is 9.37 Å². The van der Waals surface area contributed by atoms with Crippen molar-refractivity contribution in [2.75, 3.05) is 5.32 Å². The molecule has 3 nitrogen and oxygen atoms in total. The Labute approximate surface area is 148 Å². The first-order valence-electron chi connectivity index (χ1n) is 7.82. The first-order chi connectivity index (χ1) is 12.2. The lowest BCUT2D eigenvalue weighted by Crippen LogP contribution is -2.05. The van der Waals surface area contributed by atoms with Crippen molar-refractivity contribution >= 4 is 33.9 Å². The maximum absolute atomic E-state index is 13.2. The van der Waals surface area contributed by atoms with Gasteiger partial charge in [-0.2, -0.15) is 0 Å². The molecular weight excluding hydrogens is 337 g/mol. The van der Waals surface area contributed by atoms with Gasteiger partial charge in [0.25, 0.3) is 0 Å². The summed E-state index contributed by atoms with van der Waals surface area (Å²) in [7, 11) is 0. The highest BCUT2D eigenvalue weighted by molar-refractivity contribution is 6.31. The lowest BCUT2D eigenvalue weighted by Gasteiger charge is -2.21.